The van der Waals surface area contributed by atoms with E-state index in [1.54, 1.807) is 12.1 Å². The summed E-state index contributed by atoms with van der Waals surface area (Å²) in [5.74, 6) is -0.162. The number of carboxylic acids is 1. The van der Waals surface area contributed by atoms with Gasteiger partial charge in [0.2, 0.25) is 11.8 Å². The number of hydrogen-bond donors (Lipinski definition) is 4. The smallest absolute Gasteiger partial charge is 0.335 e. The summed E-state index contributed by atoms with van der Waals surface area (Å²) >= 11 is 5.84. The summed E-state index contributed by atoms with van der Waals surface area (Å²) in [6, 6.07) is 15.8. The van der Waals surface area contributed by atoms with Crippen LogP contribution in [0.15, 0.2) is 60.8 Å². The molecule has 1 heterocycles. The highest BCUT2D eigenvalue weighted by Crippen LogP contribution is 2.18. The first-order valence-electron chi connectivity index (χ1n) is 7.64. The van der Waals surface area contributed by atoms with Crippen LogP contribution in [0.2, 0.25) is 0 Å². The first-order valence-corrected chi connectivity index (χ1v) is 8.02. The second-order valence-corrected chi connectivity index (χ2v) is 5.75. The first kappa shape index (κ1) is 17.5. The Kier molecular flexibility index (Phi) is 5.21. The van der Waals surface area contributed by atoms with Crippen LogP contribution in [0.4, 0.5) is 23.1 Å². The SMILES string of the molecule is N=C(Cl)c1cnc(Nc2ccc(C(=O)O)cc2)nc1[NH2+]c1ccccc1. The van der Waals surface area contributed by atoms with Gasteiger partial charge in [0.05, 0.1) is 5.56 Å². The molecule has 0 atom stereocenters. The molecule has 5 N–H and O–H groups in total. The van der Waals surface area contributed by atoms with Gasteiger partial charge in [0.25, 0.3) is 0 Å². The Hall–Kier alpha value is -3.29. The second-order valence-electron chi connectivity index (χ2n) is 5.37. The zero-order valence-corrected chi connectivity index (χ0v) is 14.2. The number of hydrogen-bond acceptors (Lipinski definition) is 5. The molecule has 0 unspecified atom stereocenters. The molecule has 26 heavy (non-hydrogen) atoms. The minimum atomic E-state index is -0.988. The van der Waals surface area contributed by atoms with Crippen LogP contribution in [0, 0.1) is 5.41 Å². The largest absolute Gasteiger partial charge is 0.478 e. The van der Waals surface area contributed by atoms with Crippen molar-refractivity contribution in [3.8, 4) is 0 Å². The molecule has 0 bridgehead atoms. The van der Waals surface area contributed by atoms with Crippen molar-refractivity contribution in [3.05, 3.63) is 71.9 Å². The van der Waals surface area contributed by atoms with Gasteiger partial charge in [0.1, 0.15) is 16.4 Å². The Morgan fingerprint density at radius 1 is 1.12 bits per heavy atom. The van der Waals surface area contributed by atoms with Crippen LogP contribution in [-0.4, -0.2) is 26.2 Å². The highest BCUT2D eigenvalue weighted by atomic mass is 35.5. The van der Waals surface area contributed by atoms with Crippen molar-refractivity contribution >= 4 is 45.9 Å². The van der Waals surface area contributed by atoms with Gasteiger partial charge in [-0.15, -0.1) is 0 Å². The van der Waals surface area contributed by atoms with Crippen molar-refractivity contribution in [2.24, 2.45) is 0 Å². The molecule has 130 valence electrons. The highest BCUT2D eigenvalue weighted by molar-refractivity contribution is 6.69. The van der Waals surface area contributed by atoms with Gasteiger partial charge in [0.15, 0.2) is 0 Å². The molecule has 0 radical (unpaired) electrons. The van der Waals surface area contributed by atoms with Crippen molar-refractivity contribution in [2.75, 3.05) is 5.32 Å². The van der Waals surface area contributed by atoms with E-state index in [4.69, 9.17) is 22.1 Å². The van der Waals surface area contributed by atoms with Crippen molar-refractivity contribution < 1.29 is 15.2 Å². The van der Waals surface area contributed by atoms with Crippen LogP contribution >= 0.6 is 11.6 Å². The van der Waals surface area contributed by atoms with E-state index in [2.05, 4.69) is 15.3 Å². The van der Waals surface area contributed by atoms with Gasteiger partial charge >= 0.3 is 5.97 Å². The maximum atomic E-state index is 10.9. The van der Waals surface area contributed by atoms with Crippen LogP contribution in [0.1, 0.15) is 15.9 Å². The fourth-order valence-corrected chi connectivity index (χ4v) is 2.41. The van der Waals surface area contributed by atoms with Crippen molar-refractivity contribution in [2.45, 2.75) is 0 Å². The maximum Gasteiger partial charge on any atom is 0.335 e. The topological polar surface area (TPSA) is 116 Å². The van der Waals surface area contributed by atoms with Crippen LogP contribution in [0.3, 0.4) is 0 Å². The third-order valence-corrected chi connectivity index (χ3v) is 3.75. The zero-order valence-electron chi connectivity index (χ0n) is 13.5. The lowest BCUT2D eigenvalue weighted by Crippen LogP contribution is -2.72. The summed E-state index contributed by atoms with van der Waals surface area (Å²) < 4.78 is 0. The third kappa shape index (κ3) is 4.21. The number of benzene rings is 2. The molecule has 0 aliphatic carbocycles. The molecule has 2 aromatic carbocycles. The van der Waals surface area contributed by atoms with Crippen LogP contribution in [0.5, 0.6) is 0 Å². The molecule has 0 fully saturated rings. The fraction of sp³-hybridized carbons (Fsp3) is 0. The number of anilines is 2. The molecule has 3 aromatic rings. The molecule has 0 aliphatic heterocycles. The van der Waals surface area contributed by atoms with Crippen LogP contribution in [-0.2, 0) is 0 Å². The summed E-state index contributed by atoms with van der Waals surface area (Å²) in [5, 5.41) is 21.3. The van der Waals surface area contributed by atoms with E-state index in [-0.39, 0.29) is 10.7 Å². The fourth-order valence-electron chi connectivity index (χ4n) is 2.27. The van der Waals surface area contributed by atoms with Gasteiger partial charge in [-0.2, -0.15) is 4.98 Å². The predicted octanol–water partition coefficient (Wildman–Crippen LogP) is 3.01. The zero-order chi connectivity index (χ0) is 18.5. The lowest BCUT2D eigenvalue weighted by Gasteiger charge is -2.08. The molecule has 8 heteroatoms. The van der Waals surface area contributed by atoms with Crippen LogP contribution in [0.25, 0.3) is 0 Å². The van der Waals surface area contributed by atoms with Gasteiger partial charge in [-0.3, -0.25) is 10.7 Å². The molecule has 1 aromatic heterocycles. The molecule has 7 nitrogen and oxygen atoms in total. The summed E-state index contributed by atoms with van der Waals surface area (Å²) in [6.45, 7) is 0. The molecule has 0 amide bonds. The van der Waals surface area contributed by atoms with Gasteiger partial charge in [-0.05, 0) is 36.4 Å². The number of halogens is 1. The van der Waals surface area contributed by atoms with E-state index in [1.165, 1.54) is 18.3 Å². The Morgan fingerprint density at radius 2 is 1.81 bits per heavy atom. The number of nitrogens with two attached hydrogens (primary N) is 1. The van der Waals surface area contributed by atoms with Crippen molar-refractivity contribution in [1.29, 1.82) is 5.41 Å². The minimum Gasteiger partial charge on any atom is -0.478 e. The molecule has 0 saturated carbocycles. The Bertz CT molecular complexity index is 946. The maximum absolute atomic E-state index is 10.9. The van der Waals surface area contributed by atoms with E-state index in [0.717, 1.165) is 5.69 Å². The molecule has 0 aliphatic rings. The average molecular weight is 369 g/mol. The van der Waals surface area contributed by atoms with E-state index >= 15 is 0 Å². The minimum absolute atomic E-state index is 0.149. The Labute approximate surface area is 154 Å². The number of para-hydroxylation sites is 1. The van der Waals surface area contributed by atoms with Crippen molar-refractivity contribution in [1.82, 2.24) is 9.97 Å². The number of aromatic nitrogens is 2. The monoisotopic (exact) mass is 368 g/mol. The molecular weight excluding hydrogens is 354 g/mol. The van der Waals surface area contributed by atoms with E-state index in [1.807, 2.05) is 35.6 Å². The average Bonchev–Trinajstić information content (AvgIpc) is 2.63. The normalized spacial score (nSPS) is 10.3. The second kappa shape index (κ2) is 7.73. The number of carboxylic acid groups (broad SMARTS) is 1. The summed E-state index contributed by atoms with van der Waals surface area (Å²) in [4.78, 5) is 19.5. The van der Waals surface area contributed by atoms with Crippen LogP contribution < -0.4 is 10.6 Å². The lowest BCUT2D eigenvalue weighted by atomic mass is 10.2. The number of carbonyl (C=O) groups is 1. The molecule has 0 saturated heterocycles. The first-order chi connectivity index (χ1) is 12.5. The summed E-state index contributed by atoms with van der Waals surface area (Å²) in [5.41, 5.74) is 2.18. The Balaban J connectivity index is 1.87. The number of aromatic carboxylic acids is 1. The Morgan fingerprint density at radius 3 is 2.42 bits per heavy atom. The van der Waals surface area contributed by atoms with E-state index in [0.29, 0.717) is 23.0 Å². The third-order valence-electron chi connectivity index (χ3n) is 3.55. The van der Waals surface area contributed by atoms with Gasteiger partial charge in [-0.1, -0.05) is 29.8 Å². The van der Waals surface area contributed by atoms with Crippen molar-refractivity contribution in [3.63, 3.8) is 0 Å². The van der Waals surface area contributed by atoms with E-state index in [9.17, 15) is 4.79 Å². The number of nitrogens with one attached hydrogen (secondary N) is 2. The number of quaternary nitrogens is 1. The van der Waals surface area contributed by atoms with E-state index < -0.39 is 5.97 Å². The number of nitrogens with zero attached hydrogens (tertiary/aromatic N) is 2. The standard InChI is InChI=1S/C18H14ClN5O2/c19-15(20)14-10-21-18(23-13-8-6-11(7-9-13)17(25)26)24-16(14)22-12-4-2-1-3-5-12/h1-10,20H,(H,25,26)(H2,21,22,23,24)/p+1. The summed E-state index contributed by atoms with van der Waals surface area (Å²) in [6.07, 6.45) is 1.48. The highest BCUT2D eigenvalue weighted by Gasteiger charge is 2.15. The summed E-state index contributed by atoms with van der Waals surface area (Å²) in [7, 11) is 0. The van der Waals surface area contributed by atoms with Gasteiger partial charge < -0.3 is 10.4 Å². The predicted molar refractivity (Wildman–Crippen MR) is 99.1 cm³/mol. The molecular formula is C18H15ClN5O2+. The van der Waals surface area contributed by atoms with Gasteiger partial charge in [0, 0.05) is 11.9 Å². The molecule has 0 spiro atoms. The van der Waals surface area contributed by atoms with Gasteiger partial charge in [-0.25, -0.2) is 9.78 Å². The lowest BCUT2D eigenvalue weighted by molar-refractivity contribution is -0.483. The molecule has 3 rings (SSSR count). The number of rotatable bonds is 6. The quantitative estimate of drug-likeness (QED) is 0.394.